The number of thiazole rings is 1. The monoisotopic (exact) mass is 474 g/mol. The molecule has 0 unspecified atom stereocenters. The van der Waals surface area contributed by atoms with E-state index in [9.17, 15) is 18.0 Å². The fourth-order valence-electron chi connectivity index (χ4n) is 3.78. The third kappa shape index (κ3) is 5.18. The lowest BCUT2D eigenvalue weighted by molar-refractivity contribution is -0.123. The summed E-state index contributed by atoms with van der Waals surface area (Å²) in [7, 11) is -3.10. The predicted octanol–water partition coefficient (Wildman–Crippen LogP) is 2.53. The van der Waals surface area contributed by atoms with Gasteiger partial charge in [-0.05, 0) is 49.1 Å². The molecule has 1 aliphatic heterocycles. The Morgan fingerprint density at radius 1 is 1.25 bits per heavy atom. The number of rotatable bonds is 7. The van der Waals surface area contributed by atoms with Crippen LogP contribution in [0.2, 0.25) is 0 Å². The number of sulfone groups is 1. The van der Waals surface area contributed by atoms with Crippen molar-refractivity contribution < 1.29 is 18.0 Å². The van der Waals surface area contributed by atoms with E-state index in [0.29, 0.717) is 18.4 Å². The van der Waals surface area contributed by atoms with Crippen LogP contribution in [0.25, 0.3) is 15.3 Å². The van der Waals surface area contributed by atoms with Crippen LogP contribution in [0.15, 0.2) is 42.7 Å². The lowest BCUT2D eigenvalue weighted by atomic mass is 10.0. The first-order valence-corrected chi connectivity index (χ1v) is 13.2. The number of nitrogens with zero attached hydrogens (tertiary/aromatic N) is 2. The average Bonchev–Trinajstić information content (AvgIpc) is 3.45. The second-order valence-corrected chi connectivity index (χ2v) is 11.8. The van der Waals surface area contributed by atoms with Crippen LogP contribution in [0.3, 0.4) is 0 Å². The third-order valence-electron chi connectivity index (χ3n) is 5.37. The van der Waals surface area contributed by atoms with Crippen molar-refractivity contribution in [3.8, 4) is 5.13 Å². The Labute approximate surface area is 191 Å². The van der Waals surface area contributed by atoms with Gasteiger partial charge in [0.2, 0.25) is 5.91 Å². The van der Waals surface area contributed by atoms with Crippen molar-refractivity contribution in [2.24, 2.45) is 5.92 Å². The molecule has 170 valence electrons. The minimum Gasteiger partial charge on any atom is -0.351 e. The summed E-state index contributed by atoms with van der Waals surface area (Å²) >= 11 is 1.48. The van der Waals surface area contributed by atoms with Gasteiger partial charge in [-0.15, -0.1) is 0 Å². The van der Waals surface area contributed by atoms with Crippen molar-refractivity contribution >= 4 is 43.2 Å². The van der Waals surface area contributed by atoms with E-state index in [1.807, 2.05) is 42.9 Å². The normalized spacial score (nSPS) is 18.7. The van der Waals surface area contributed by atoms with Gasteiger partial charge in [0.15, 0.2) is 15.0 Å². The summed E-state index contributed by atoms with van der Waals surface area (Å²) in [6, 6.07) is 7.98. The topological polar surface area (TPSA) is 110 Å². The smallest absolute Gasteiger partial charge is 0.251 e. The van der Waals surface area contributed by atoms with Gasteiger partial charge in [-0.25, -0.2) is 13.4 Å². The predicted molar refractivity (Wildman–Crippen MR) is 125 cm³/mol. The highest BCUT2D eigenvalue weighted by Crippen LogP contribution is 2.26. The zero-order chi connectivity index (χ0) is 22.9. The standard InChI is InChI=1S/C22H26N4O4S2/c1-14(2)11-18(21(28)23-16-7-10-32(29,30)13-16)24-20(27)15-5-6-17-19(12-15)31-22(25-17)26-8-3-4-9-26/h3-6,8-9,12,14,16,18H,7,10-11,13H2,1-2H3,(H,23,28)(H,24,27)/t16-,18+/m1/s1. The van der Waals surface area contributed by atoms with Gasteiger partial charge in [-0.2, -0.15) is 0 Å². The van der Waals surface area contributed by atoms with Crippen LogP contribution in [-0.4, -0.2) is 53.4 Å². The summed E-state index contributed by atoms with van der Waals surface area (Å²) in [5, 5.41) is 6.45. The number of amides is 2. The highest BCUT2D eigenvalue weighted by Gasteiger charge is 2.31. The Hall–Kier alpha value is -2.72. The number of hydrogen-bond acceptors (Lipinski definition) is 6. The largest absolute Gasteiger partial charge is 0.351 e. The fraction of sp³-hybridized carbons (Fsp3) is 0.409. The Kier molecular flexibility index (Phi) is 6.34. The fourth-order valence-corrected chi connectivity index (χ4v) is 6.43. The highest BCUT2D eigenvalue weighted by atomic mass is 32.2. The van der Waals surface area contributed by atoms with E-state index in [0.717, 1.165) is 15.3 Å². The summed E-state index contributed by atoms with van der Waals surface area (Å²) in [6.45, 7) is 3.94. The van der Waals surface area contributed by atoms with Gasteiger partial charge in [0, 0.05) is 24.0 Å². The molecule has 10 heteroatoms. The first kappa shape index (κ1) is 22.5. The van der Waals surface area contributed by atoms with E-state index in [1.54, 1.807) is 18.2 Å². The number of carbonyl (C=O) groups is 2. The van der Waals surface area contributed by atoms with Crippen LogP contribution < -0.4 is 10.6 Å². The summed E-state index contributed by atoms with van der Waals surface area (Å²) < 4.78 is 26.2. The Balaban J connectivity index is 1.48. The zero-order valence-corrected chi connectivity index (χ0v) is 19.6. The molecule has 0 spiro atoms. The molecule has 3 heterocycles. The number of aromatic nitrogens is 2. The van der Waals surface area contributed by atoms with Gasteiger partial charge >= 0.3 is 0 Å². The van der Waals surface area contributed by atoms with E-state index in [4.69, 9.17) is 0 Å². The van der Waals surface area contributed by atoms with Crippen molar-refractivity contribution in [1.82, 2.24) is 20.2 Å². The van der Waals surface area contributed by atoms with Gasteiger partial charge < -0.3 is 15.2 Å². The highest BCUT2D eigenvalue weighted by molar-refractivity contribution is 7.91. The quantitative estimate of drug-likeness (QED) is 0.547. The molecule has 8 nitrogen and oxygen atoms in total. The van der Waals surface area contributed by atoms with Crippen LogP contribution in [0.4, 0.5) is 0 Å². The van der Waals surface area contributed by atoms with Gasteiger partial charge in [-0.3, -0.25) is 9.59 Å². The van der Waals surface area contributed by atoms with Crippen molar-refractivity contribution in [3.05, 3.63) is 48.3 Å². The molecule has 0 bridgehead atoms. The molecule has 1 aliphatic rings. The molecule has 1 saturated heterocycles. The third-order valence-corrected chi connectivity index (χ3v) is 8.17. The SMILES string of the molecule is CC(C)C[C@H](NC(=O)c1ccc2nc(-n3cccc3)sc2c1)C(=O)N[C@@H]1CCS(=O)(=O)C1. The second kappa shape index (κ2) is 9.03. The molecule has 0 saturated carbocycles. The van der Waals surface area contributed by atoms with E-state index in [2.05, 4.69) is 15.6 Å². The van der Waals surface area contributed by atoms with Crippen molar-refractivity contribution in [2.75, 3.05) is 11.5 Å². The molecule has 4 rings (SSSR count). The van der Waals surface area contributed by atoms with Crippen LogP contribution >= 0.6 is 11.3 Å². The minimum atomic E-state index is -3.10. The number of nitrogens with one attached hydrogen (secondary N) is 2. The molecule has 2 atom stereocenters. The maximum absolute atomic E-state index is 13.0. The first-order valence-electron chi connectivity index (χ1n) is 10.6. The summed E-state index contributed by atoms with van der Waals surface area (Å²) in [4.78, 5) is 30.4. The van der Waals surface area contributed by atoms with E-state index in [-0.39, 0.29) is 29.2 Å². The number of hydrogen-bond donors (Lipinski definition) is 2. The van der Waals surface area contributed by atoms with Crippen molar-refractivity contribution in [2.45, 2.75) is 38.8 Å². The number of carbonyl (C=O) groups excluding carboxylic acids is 2. The van der Waals surface area contributed by atoms with Gasteiger partial charge in [0.1, 0.15) is 6.04 Å². The first-order chi connectivity index (χ1) is 15.2. The average molecular weight is 475 g/mol. The Morgan fingerprint density at radius 2 is 2.00 bits per heavy atom. The Morgan fingerprint density at radius 3 is 2.66 bits per heavy atom. The molecule has 2 aromatic heterocycles. The molecule has 1 aromatic carbocycles. The van der Waals surface area contributed by atoms with Crippen LogP contribution in [-0.2, 0) is 14.6 Å². The van der Waals surface area contributed by atoms with Crippen LogP contribution in [0.1, 0.15) is 37.0 Å². The van der Waals surface area contributed by atoms with Gasteiger partial charge in [0.25, 0.3) is 5.91 Å². The lowest BCUT2D eigenvalue weighted by Gasteiger charge is -2.22. The molecule has 0 aliphatic carbocycles. The maximum Gasteiger partial charge on any atom is 0.251 e. The summed E-state index contributed by atoms with van der Waals surface area (Å²) in [5.74, 6) is -0.483. The van der Waals surface area contributed by atoms with Crippen LogP contribution in [0, 0.1) is 5.92 Å². The van der Waals surface area contributed by atoms with Crippen LogP contribution in [0.5, 0.6) is 0 Å². The zero-order valence-electron chi connectivity index (χ0n) is 17.9. The molecule has 1 fully saturated rings. The van der Waals surface area contributed by atoms with Gasteiger partial charge in [0.05, 0.1) is 21.7 Å². The van der Waals surface area contributed by atoms with E-state index in [1.165, 1.54) is 11.3 Å². The molecule has 2 N–H and O–H groups in total. The molecular formula is C22H26N4O4S2. The van der Waals surface area contributed by atoms with Gasteiger partial charge in [-0.1, -0.05) is 25.2 Å². The van der Waals surface area contributed by atoms with Crippen molar-refractivity contribution in [1.29, 1.82) is 0 Å². The number of fused-ring (bicyclic) bond motifs is 1. The molecule has 3 aromatic rings. The van der Waals surface area contributed by atoms with E-state index >= 15 is 0 Å². The molecule has 0 radical (unpaired) electrons. The summed E-state index contributed by atoms with van der Waals surface area (Å²) in [5.41, 5.74) is 1.25. The van der Waals surface area contributed by atoms with E-state index < -0.39 is 21.9 Å². The molecule has 32 heavy (non-hydrogen) atoms. The van der Waals surface area contributed by atoms with Crippen molar-refractivity contribution in [3.63, 3.8) is 0 Å². The second-order valence-electron chi connectivity index (χ2n) is 8.53. The molecule has 2 amide bonds. The lowest BCUT2D eigenvalue weighted by Crippen LogP contribution is -2.50. The summed E-state index contributed by atoms with van der Waals surface area (Å²) in [6.07, 6.45) is 4.69. The number of benzene rings is 1. The molecular weight excluding hydrogens is 448 g/mol. The Bertz CT molecular complexity index is 1230. The maximum atomic E-state index is 13.0. The minimum absolute atomic E-state index is 0.0488.